The minimum Gasteiger partial charge on any atom is -0.486 e. The normalized spacial score (nSPS) is 26.4. The average Bonchev–Trinajstić information content (AvgIpc) is 3.16. The third-order valence-corrected chi connectivity index (χ3v) is 7.24. The van der Waals surface area contributed by atoms with Gasteiger partial charge in [0.1, 0.15) is 25.9 Å². The molecular formula is C26H27NO12S2. The molecule has 220 valence electrons. The summed E-state index contributed by atoms with van der Waals surface area (Å²) in [6.45, 7) is 4.89. The number of ether oxygens (including phenoxy) is 7. The van der Waals surface area contributed by atoms with Gasteiger partial charge in [-0.3, -0.25) is 28.9 Å². The number of hydrogen-bond acceptors (Lipinski definition) is 14. The van der Waals surface area contributed by atoms with Gasteiger partial charge in [-0.05, 0) is 23.8 Å². The summed E-state index contributed by atoms with van der Waals surface area (Å²) >= 11 is 6.48. The van der Waals surface area contributed by atoms with Crippen LogP contribution >= 0.6 is 24.0 Å². The highest BCUT2D eigenvalue weighted by Crippen LogP contribution is 2.40. The fourth-order valence-electron chi connectivity index (χ4n) is 4.41. The van der Waals surface area contributed by atoms with Crippen LogP contribution < -0.4 is 9.47 Å². The van der Waals surface area contributed by atoms with Crippen LogP contribution in [0.5, 0.6) is 11.5 Å². The molecular weight excluding hydrogens is 582 g/mol. The molecule has 5 atom stereocenters. The number of benzene rings is 1. The number of nitrogens with zero attached hydrogens (tertiary/aromatic N) is 1. The summed E-state index contributed by atoms with van der Waals surface area (Å²) in [5.41, 5.74) is 0.635. The Hall–Kier alpha value is -3.69. The van der Waals surface area contributed by atoms with Gasteiger partial charge in [-0.15, -0.1) is 0 Å². The average molecular weight is 610 g/mol. The van der Waals surface area contributed by atoms with Crippen molar-refractivity contribution in [2.45, 2.75) is 58.3 Å². The number of carbonyl (C=O) groups excluding carboxylic acids is 5. The summed E-state index contributed by atoms with van der Waals surface area (Å²) in [4.78, 5) is 62.8. The number of carbonyl (C=O) groups is 5. The summed E-state index contributed by atoms with van der Waals surface area (Å²) in [5.74, 6) is -2.49. The first-order valence-electron chi connectivity index (χ1n) is 12.4. The molecule has 0 bridgehead atoms. The van der Waals surface area contributed by atoms with E-state index in [9.17, 15) is 24.0 Å². The van der Waals surface area contributed by atoms with Crippen LogP contribution in [0.1, 0.15) is 33.3 Å². The Morgan fingerprint density at radius 3 is 2.17 bits per heavy atom. The maximum absolute atomic E-state index is 13.7. The molecule has 3 aliphatic rings. The summed E-state index contributed by atoms with van der Waals surface area (Å²) in [5, 5.41) is 0. The summed E-state index contributed by atoms with van der Waals surface area (Å²) in [7, 11) is 0. The van der Waals surface area contributed by atoms with Crippen LogP contribution in [0.2, 0.25) is 0 Å². The Kier molecular flexibility index (Phi) is 9.50. The third kappa shape index (κ3) is 7.15. The predicted octanol–water partition coefficient (Wildman–Crippen LogP) is 1.74. The monoisotopic (exact) mass is 609 g/mol. The zero-order chi connectivity index (χ0) is 29.8. The van der Waals surface area contributed by atoms with E-state index >= 15 is 0 Å². The second kappa shape index (κ2) is 12.9. The second-order valence-corrected chi connectivity index (χ2v) is 10.7. The van der Waals surface area contributed by atoms with Gasteiger partial charge < -0.3 is 33.2 Å². The molecule has 0 saturated carbocycles. The molecule has 0 N–H and O–H groups in total. The second-order valence-electron chi connectivity index (χ2n) is 9.04. The van der Waals surface area contributed by atoms with Gasteiger partial charge in [0.05, 0.1) is 4.91 Å². The first-order chi connectivity index (χ1) is 19.4. The van der Waals surface area contributed by atoms with Crippen molar-refractivity contribution >= 4 is 64.2 Å². The number of amides is 1. The van der Waals surface area contributed by atoms with Gasteiger partial charge in [0, 0.05) is 27.7 Å². The number of fused-ring (bicyclic) bond motifs is 1. The summed E-state index contributed by atoms with van der Waals surface area (Å²) in [6, 6.07) is 5.18. The standard InChI is InChI=1S/C26H27NO12S2/c1-12(28)35-11-19-21(36-13(2)29)22(37-14(3)30)23(38-15(4)31)25(39-19)27-24(32)20(41-26(27)40)10-16-5-6-17-18(9-16)34-8-7-33-17/h5-6,9-10,19,21-23,25H,7-8,11H2,1-4H3/b20-10-/t19-,21+,22+,23-,25-/m1/s1. The minimum atomic E-state index is -1.47. The van der Waals surface area contributed by atoms with Crippen molar-refractivity contribution in [3.05, 3.63) is 28.7 Å². The maximum atomic E-state index is 13.7. The van der Waals surface area contributed by atoms with Crippen molar-refractivity contribution in [1.29, 1.82) is 0 Å². The number of thioether (sulfide) groups is 1. The van der Waals surface area contributed by atoms with Gasteiger partial charge in [0.25, 0.3) is 5.91 Å². The van der Waals surface area contributed by atoms with Crippen LogP contribution in [-0.2, 0) is 47.7 Å². The lowest BCUT2D eigenvalue weighted by Crippen LogP contribution is -2.66. The minimum absolute atomic E-state index is 0.0553. The van der Waals surface area contributed by atoms with E-state index in [0.717, 1.165) is 44.4 Å². The van der Waals surface area contributed by atoms with Gasteiger partial charge >= 0.3 is 23.9 Å². The Morgan fingerprint density at radius 1 is 0.927 bits per heavy atom. The third-order valence-electron chi connectivity index (χ3n) is 5.91. The van der Waals surface area contributed by atoms with Crippen LogP contribution in [0.25, 0.3) is 6.08 Å². The molecule has 4 rings (SSSR count). The lowest BCUT2D eigenvalue weighted by atomic mass is 9.96. The molecule has 1 aromatic rings. The van der Waals surface area contributed by atoms with E-state index in [1.54, 1.807) is 24.3 Å². The highest BCUT2D eigenvalue weighted by Gasteiger charge is 2.56. The molecule has 2 fully saturated rings. The van der Waals surface area contributed by atoms with Crippen LogP contribution in [0, 0.1) is 0 Å². The Bertz CT molecular complexity index is 1300. The quantitative estimate of drug-likeness (QED) is 0.191. The number of hydrogen-bond donors (Lipinski definition) is 0. The van der Waals surface area contributed by atoms with Crippen LogP contribution in [0.15, 0.2) is 23.1 Å². The highest BCUT2D eigenvalue weighted by atomic mass is 32.2. The molecule has 0 spiro atoms. The maximum Gasteiger partial charge on any atom is 0.303 e. The first-order valence-corrected chi connectivity index (χ1v) is 13.6. The molecule has 0 aliphatic carbocycles. The lowest BCUT2D eigenvalue weighted by Gasteiger charge is -2.46. The van der Waals surface area contributed by atoms with Crippen LogP contribution in [-0.4, -0.2) is 89.5 Å². The van der Waals surface area contributed by atoms with E-state index in [1.165, 1.54) is 0 Å². The summed E-state index contributed by atoms with van der Waals surface area (Å²) < 4.78 is 38.7. The molecule has 41 heavy (non-hydrogen) atoms. The molecule has 13 nitrogen and oxygen atoms in total. The number of thiocarbonyl (C=S) groups is 1. The highest BCUT2D eigenvalue weighted by molar-refractivity contribution is 8.26. The van der Waals surface area contributed by atoms with Gasteiger partial charge in [-0.1, -0.05) is 30.0 Å². The van der Waals surface area contributed by atoms with Crippen molar-refractivity contribution < 1.29 is 57.1 Å². The van der Waals surface area contributed by atoms with E-state index < -0.39 is 67.0 Å². The molecule has 1 amide bonds. The SMILES string of the molecule is CC(=O)OC[C@H]1O[C@@H](N2C(=O)/C(=C/c3ccc4c(c3)OCCO4)SC2=S)[C@H](OC(C)=O)[C@@H](OC(C)=O)[C@H]1OC(C)=O. The molecule has 15 heteroatoms. The Balaban J connectivity index is 1.71. The smallest absolute Gasteiger partial charge is 0.303 e. The number of esters is 4. The predicted molar refractivity (Wildman–Crippen MR) is 144 cm³/mol. The molecule has 1 aromatic carbocycles. The Labute approximate surface area is 244 Å². The van der Waals surface area contributed by atoms with E-state index in [1.807, 2.05) is 0 Å². The summed E-state index contributed by atoms with van der Waals surface area (Å²) in [6.07, 6.45) is -5.33. The molecule has 0 aromatic heterocycles. The van der Waals surface area contributed by atoms with Crippen LogP contribution in [0.3, 0.4) is 0 Å². The fourth-order valence-corrected chi connectivity index (χ4v) is 5.72. The zero-order valence-electron chi connectivity index (χ0n) is 22.5. The van der Waals surface area contributed by atoms with Gasteiger partial charge in [-0.25, -0.2) is 0 Å². The number of rotatable bonds is 7. The van der Waals surface area contributed by atoms with Crippen molar-refractivity contribution in [1.82, 2.24) is 4.90 Å². The molecule has 3 heterocycles. The molecule has 3 aliphatic heterocycles. The van der Waals surface area contributed by atoms with Crippen molar-refractivity contribution in [2.75, 3.05) is 19.8 Å². The van der Waals surface area contributed by atoms with Crippen molar-refractivity contribution in [3.63, 3.8) is 0 Å². The topological polar surface area (TPSA) is 153 Å². The van der Waals surface area contributed by atoms with E-state index in [-0.39, 0.29) is 9.23 Å². The first kappa shape index (κ1) is 30.3. The fraction of sp³-hybridized carbons (Fsp3) is 0.462. The van der Waals surface area contributed by atoms with E-state index in [2.05, 4.69) is 0 Å². The largest absolute Gasteiger partial charge is 0.486 e. The molecule has 0 unspecified atom stereocenters. The molecule has 2 saturated heterocycles. The molecule has 0 radical (unpaired) electrons. The van der Waals surface area contributed by atoms with Gasteiger partial charge in [0.2, 0.25) is 0 Å². The van der Waals surface area contributed by atoms with E-state index in [0.29, 0.717) is 30.3 Å². The zero-order valence-corrected chi connectivity index (χ0v) is 24.1. The van der Waals surface area contributed by atoms with Gasteiger partial charge in [-0.2, -0.15) is 0 Å². The van der Waals surface area contributed by atoms with Crippen LogP contribution in [0.4, 0.5) is 0 Å². The Morgan fingerprint density at radius 2 is 1.54 bits per heavy atom. The van der Waals surface area contributed by atoms with Gasteiger partial charge in [0.15, 0.2) is 40.4 Å². The van der Waals surface area contributed by atoms with Crippen molar-refractivity contribution in [2.24, 2.45) is 0 Å². The lowest BCUT2D eigenvalue weighted by molar-refractivity contribution is -0.268. The van der Waals surface area contributed by atoms with Crippen molar-refractivity contribution in [3.8, 4) is 11.5 Å². The van der Waals surface area contributed by atoms with E-state index in [4.69, 9.17) is 45.4 Å².